The van der Waals surface area contributed by atoms with Gasteiger partial charge in [0.1, 0.15) is 0 Å². The maximum atomic E-state index is 4.57. The molecule has 0 saturated heterocycles. The van der Waals surface area contributed by atoms with E-state index in [1.54, 1.807) is 0 Å². The summed E-state index contributed by atoms with van der Waals surface area (Å²) in [6.45, 7) is 1.07. The largest absolute Gasteiger partial charge is 0.330 e. The Morgan fingerprint density at radius 2 is 2.00 bits per heavy atom. The lowest BCUT2D eigenvalue weighted by atomic mass is 9.88. The molecule has 0 atom stereocenters. The van der Waals surface area contributed by atoms with Crippen LogP contribution in [0, 0.1) is 5.41 Å². The highest BCUT2D eigenvalue weighted by atomic mass is 32.1. The molecule has 1 aliphatic carbocycles. The van der Waals surface area contributed by atoms with Crippen LogP contribution in [-0.4, -0.2) is 15.3 Å². The summed E-state index contributed by atoms with van der Waals surface area (Å²) in [5, 5.41) is 0. The van der Waals surface area contributed by atoms with Crippen molar-refractivity contribution in [3.05, 3.63) is 30.6 Å². The molecule has 17 heavy (non-hydrogen) atoms. The van der Waals surface area contributed by atoms with Gasteiger partial charge in [-0.05, 0) is 36.1 Å². The number of hydrogen-bond acceptors (Lipinski definition) is 2. The number of benzene rings is 1. The quantitative estimate of drug-likeness (QED) is 0.820. The number of fused-ring (bicyclic) bond motifs is 1. The molecule has 0 amide bonds. The minimum Gasteiger partial charge on any atom is -0.330 e. The number of hydrogen-bond donors (Lipinski definition) is 1. The molecule has 2 nitrogen and oxygen atoms in total. The Labute approximate surface area is 107 Å². The Bertz CT molecular complexity index is 512. The van der Waals surface area contributed by atoms with E-state index in [1.165, 1.54) is 31.2 Å². The Morgan fingerprint density at radius 1 is 1.24 bits per heavy atom. The van der Waals surface area contributed by atoms with Crippen LogP contribution in [0.5, 0.6) is 0 Å². The smallest absolute Gasteiger partial charge is 0.0958 e. The van der Waals surface area contributed by atoms with E-state index >= 15 is 0 Å². The lowest BCUT2D eigenvalue weighted by Crippen LogP contribution is -2.25. The molecule has 90 valence electrons. The average Bonchev–Trinajstić information content (AvgIpc) is 2.99. The van der Waals surface area contributed by atoms with E-state index in [9.17, 15) is 0 Å². The Morgan fingerprint density at radius 3 is 2.76 bits per heavy atom. The van der Waals surface area contributed by atoms with Gasteiger partial charge in [0.05, 0.1) is 17.4 Å². The molecule has 1 aromatic carbocycles. The van der Waals surface area contributed by atoms with E-state index in [0.717, 1.165) is 17.8 Å². The zero-order valence-corrected chi connectivity index (χ0v) is 10.9. The van der Waals surface area contributed by atoms with E-state index in [4.69, 9.17) is 0 Å². The van der Waals surface area contributed by atoms with Crippen LogP contribution in [0.4, 0.5) is 0 Å². The summed E-state index contributed by atoms with van der Waals surface area (Å²) < 4.78 is 2.30. The van der Waals surface area contributed by atoms with Crippen molar-refractivity contribution in [2.45, 2.75) is 32.2 Å². The van der Waals surface area contributed by atoms with Crippen LogP contribution in [0.3, 0.4) is 0 Å². The van der Waals surface area contributed by atoms with Crippen molar-refractivity contribution in [2.24, 2.45) is 5.41 Å². The standard InChI is InChI=1S/C14H18N2S/c17-10-14(7-3-4-8-14)9-16-11-15-12-5-1-2-6-13(12)16/h1-2,5-6,11,17H,3-4,7-10H2. The van der Waals surface area contributed by atoms with Crippen LogP contribution < -0.4 is 0 Å². The molecule has 0 N–H and O–H groups in total. The third kappa shape index (κ3) is 1.97. The first-order chi connectivity index (χ1) is 8.33. The molecule has 0 aliphatic heterocycles. The summed E-state index contributed by atoms with van der Waals surface area (Å²) in [5.74, 6) is 0.986. The van der Waals surface area contributed by atoms with Gasteiger partial charge in [-0.15, -0.1) is 0 Å². The van der Waals surface area contributed by atoms with E-state index in [-0.39, 0.29) is 0 Å². The number of para-hydroxylation sites is 2. The summed E-state index contributed by atoms with van der Waals surface area (Å²) in [5.41, 5.74) is 2.74. The fourth-order valence-corrected chi connectivity index (χ4v) is 3.41. The average molecular weight is 246 g/mol. The molecule has 1 aliphatic rings. The zero-order valence-electron chi connectivity index (χ0n) is 9.97. The monoisotopic (exact) mass is 246 g/mol. The first kappa shape index (κ1) is 11.1. The van der Waals surface area contributed by atoms with Crippen LogP contribution in [-0.2, 0) is 6.54 Å². The van der Waals surface area contributed by atoms with Crippen molar-refractivity contribution >= 4 is 23.7 Å². The van der Waals surface area contributed by atoms with Crippen LogP contribution in [0.25, 0.3) is 11.0 Å². The second kappa shape index (κ2) is 4.37. The fourth-order valence-electron chi connectivity index (χ4n) is 2.99. The number of imidazole rings is 1. The highest BCUT2D eigenvalue weighted by molar-refractivity contribution is 7.80. The Balaban J connectivity index is 1.94. The van der Waals surface area contributed by atoms with Gasteiger partial charge in [0.15, 0.2) is 0 Å². The van der Waals surface area contributed by atoms with Crippen molar-refractivity contribution in [1.29, 1.82) is 0 Å². The van der Waals surface area contributed by atoms with Crippen molar-refractivity contribution < 1.29 is 0 Å². The van der Waals surface area contributed by atoms with Crippen molar-refractivity contribution in [3.8, 4) is 0 Å². The third-order valence-electron chi connectivity index (χ3n) is 4.03. The van der Waals surface area contributed by atoms with Gasteiger partial charge in [-0.3, -0.25) is 0 Å². The SMILES string of the molecule is SCC1(Cn2cnc3ccccc32)CCCC1. The summed E-state index contributed by atoms with van der Waals surface area (Å²) in [7, 11) is 0. The van der Waals surface area contributed by atoms with Gasteiger partial charge < -0.3 is 4.57 Å². The van der Waals surface area contributed by atoms with E-state index in [0.29, 0.717) is 5.41 Å². The molecular weight excluding hydrogens is 228 g/mol. The number of rotatable bonds is 3. The summed E-state index contributed by atoms with van der Waals surface area (Å²) in [4.78, 5) is 4.46. The van der Waals surface area contributed by atoms with Gasteiger partial charge in [-0.25, -0.2) is 4.98 Å². The third-order valence-corrected chi connectivity index (χ3v) is 4.70. The first-order valence-electron chi connectivity index (χ1n) is 6.34. The summed E-state index contributed by atoms with van der Waals surface area (Å²) >= 11 is 4.57. The minimum atomic E-state index is 0.395. The van der Waals surface area contributed by atoms with Crippen LogP contribution in [0.15, 0.2) is 30.6 Å². The molecular formula is C14H18N2S. The minimum absolute atomic E-state index is 0.395. The number of thiol groups is 1. The van der Waals surface area contributed by atoms with E-state index in [1.807, 2.05) is 12.4 Å². The molecule has 0 bridgehead atoms. The number of aromatic nitrogens is 2. The zero-order chi connectivity index (χ0) is 11.7. The van der Waals surface area contributed by atoms with Gasteiger partial charge in [0.2, 0.25) is 0 Å². The lowest BCUT2D eigenvalue weighted by molar-refractivity contribution is 0.294. The molecule has 0 radical (unpaired) electrons. The molecule has 2 aromatic rings. The molecule has 3 heteroatoms. The highest BCUT2D eigenvalue weighted by Gasteiger charge is 2.33. The second-order valence-corrected chi connectivity index (χ2v) is 5.54. The Kier molecular flexibility index (Phi) is 2.87. The molecule has 3 rings (SSSR count). The molecule has 0 unspecified atom stereocenters. The van der Waals surface area contributed by atoms with Crippen LogP contribution >= 0.6 is 12.6 Å². The second-order valence-electron chi connectivity index (χ2n) is 5.23. The molecule has 1 saturated carbocycles. The summed E-state index contributed by atoms with van der Waals surface area (Å²) in [6, 6.07) is 8.36. The van der Waals surface area contributed by atoms with Gasteiger partial charge in [-0.2, -0.15) is 12.6 Å². The summed E-state index contributed by atoms with van der Waals surface area (Å²) in [6.07, 6.45) is 7.31. The van der Waals surface area contributed by atoms with E-state index < -0.39 is 0 Å². The maximum absolute atomic E-state index is 4.57. The van der Waals surface area contributed by atoms with Crippen LogP contribution in [0.2, 0.25) is 0 Å². The lowest BCUT2D eigenvalue weighted by Gasteiger charge is -2.27. The maximum Gasteiger partial charge on any atom is 0.0958 e. The van der Waals surface area contributed by atoms with Crippen molar-refractivity contribution in [3.63, 3.8) is 0 Å². The molecule has 1 fully saturated rings. The Hall–Kier alpha value is -0.960. The van der Waals surface area contributed by atoms with Gasteiger partial charge in [0.25, 0.3) is 0 Å². The van der Waals surface area contributed by atoms with Gasteiger partial charge in [-0.1, -0.05) is 25.0 Å². The molecule has 0 spiro atoms. The van der Waals surface area contributed by atoms with Gasteiger partial charge in [0, 0.05) is 6.54 Å². The fraction of sp³-hybridized carbons (Fsp3) is 0.500. The normalized spacial score (nSPS) is 18.9. The number of nitrogens with zero attached hydrogens (tertiary/aromatic N) is 2. The first-order valence-corrected chi connectivity index (χ1v) is 6.97. The topological polar surface area (TPSA) is 17.8 Å². The van der Waals surface area contributed by atoms with Crippen LogP contribution in [0.1, 0.15) is 25.7 Å². The molecule has 1 aromatic heterocycles. The molecule has 1 heterocycles. The van der Waals surface area contributed by atoms with E-state index in [2.05, 4.69) is 40.4 Å². The van der Waals surface area contributed by atoms with Crippen molar-refractivity contribution in [1.82, 2.24) is 9.55 Å². The highest BCUT2D eigenvalue weighted by Crippen LogP contribution is 2.40. The van der Waals surface area contributed by atoms with Gasteiger partial charge >= 0.3 is 0 Å². The van der Waals surface area contributed by atoms with Crippen molar-refractivity contribution in [2.75, 3.05) is 5.75 Å². The predicted octanol–water partition coefficient (Wildman–Crippen LogP) is 3.53. The predicted molar refractivity (Wildman–Crippen MR) is 74.5 cm³/mol.